The maximum absolute atomic E-state index is 4.79. The molecule has 0 spiro atoms. The second kappa shape index (κ2) is 6.71. The van der Waals surface area contributed by atoms with E-state index in [0.29, 0.717) is 5.92 Å². The molecule has 0 saturated carbocycles. The smallest absolute Gasteiger partial charge is 0.110 e. The molecule has 19 heavy (non-hydrogen) atoms. The van der Waals surface area contributed by atoms with E-state index in [2.05, 4.69) is 54.9 Å². The fraction of sp³-hybridized carbons (Fsp3) is 0.562. The zero-order chi connectivity index (χ0) is 13.7. The summed E-state index contributed by atoms with van der Waals surface area (Å²) in [5.41, 5.74) is 2.39. The highest BCUT2D eigenvalue weighted by atomic mass is 15.1. The monoisotopic (exact) mass is 259 g/mol. The number of hydrogen-bond donors (Lipinski definition) is 1. The molecule has 0 aliphatic carbocycles. The first kappa shape index (κ1) is 14.1. The molecule has 1 unspecified atom stereocenters. The van der Waals surface area contributed by atoms with Crippen LogP contribution in [0.4, 0.5) is 0 Å². The van der Waals surface area contributed by atoms with Crippen molar-refractivity contribution < 1.29 is 0 Å². The third kappa shape index (κ3) is 3.35. The molecule has 0 aliphatic heterocycles. The van der Waals surface area contributed by atoms with Crippen molar-refractivity contribution in [1.29, 1.82) is 0 Å². The van der Waals surface area contributed by atoms with Crippen LogP contribution in [0.3, 0.4) is 0 Å². The lowest BCUT2D eigenvalue weighted by Gasteiger charge is -2.12. The lowest BCUT2D eigenvalue weighted by molar-refractivity contribution is 0.485. The van der Waals surface area contributed by atoms with Crippen molar-refractivity contribution in [3.05, 3.63) is 30.1 Å². The van der Waals surface area contributed by atoms with Gasteiger partial charge in [-0.05, 0) is 44.5 Å². The van der Waals surface area contributed by atoms with Gasteiger partial charge in [0.2, 0.25) is 0 Å². The van der Waals surface area contributed by atoms with Crippen LogP contribution in [0.15, 0.2) is 24.3 Å². The summed E-state index contributed by atoms with van der Waals surface area (Å²) in [6.07, 6.45) is 2.27. The summed E-state index contributed by atoms with van der Waals surface area (Å²) in [5, 5.41) is 3.39. The highest BCUT2D eigenvalue weighted by molar-refractivity contribution is 5.75. The molecule has 0 aliphatic rings. The molecule has 3 heteroatoms. The van der Waals surface area contributed by atoms with Crippen LogP contribution < -0.4 is 5.32 Å². The molecule has 1 atom stereocenters. The van der Waals surface area contributed by atoms with E-state index in [1.807, 2.05) is 0 Å². The lowest BCUT2D eigenvalue weighted by Crippen LogP contribution is -2.18. The average molecular weight is 259 g/mol. The summed E-state index contributed by atoms with van der Waals surface area (Å²) in [6.45, 7) is 9.82. The number of benzene rings is 1. The first-order chi connectivity index (χ1) is 9.26. The second-order valence-electron chi connectivity index (χ2n) is 5.21. The number of para-hydroxylation sites is 2. The summed E-state index contributed by atoms with van der Waals surface area (Å²) in [6, 6.07) is 8.43. The van der Waals surface area contributed by atoms with Gasteiger partial charge in [0.05, 0.1) is 11.0 Å². The predicted octanol–water partition coefficient (Wildman–Crippen LogP) is 3.23. The maximum atomic E-state index is 4.79. The number of hydrogen-bond acceptors (Lipinski definition) is 2. The minimum absolute atomic E-state index is 0.668. The van der Waals surface area contributed by atoms with Crippen LogP contribution in [0.5, 0.6) is 0 Å². The number of nitrogens with zero attached hydrogens (tertiary/aromatic N) is 2. The van der Waals surface area contributed by atoms with Crippen LogP contribution in [0, 0.1) is 5.92 Å². The maximum Gasteiger partial charge on any atom is 0.110 e. The van der Waals surface area contributed by atoms with Crippen molar-refractivity contribution in [3.8, 4) is 0 Å². The van der Waals surface area contributed by atoms with Gasteiger partial charge in [0.15, 0.2) is 0 Å². The Labute approximate surface area is 116 Å². The topological polar surface area (TPSA) is 29.9 Å². The SMILES string of the molecule is CCNCCC(C)Cc1nc2ccccc2n1CC. The number of imidazole rings is 1. The Bertz CT molecular complexity index is 516. The predicted molar refractivity (Wildman–Crippen MR) is 81.4 cm³/mol. The molecule has 1 N–H and O–H groups in total. The van der Waals surface area contributed by atoms with Gasteiger partial charge in [0.1, 0.15) is 5.82 Å². The Balaban J connectivity index is 2.11. The van der Waals surface area contributed by atoms with Gasteiger partial charge in [-0.2, -0.15) is 0 Å². The largest absolute Gasteiger partial charge is 0.328 e. The van der Waals surface area contributed by atoms with E-state index < -0.39 is 0 Å². The third-order valence-electron chi connectivity index (χ3n) is 3.64. The van der Waals surface area contributed by atoms with Crippen molar-refractivity contribution in [2.45, 2.75) is 40.2 Å². The molecule has 0 bridgehead atoms. The highest BCUT2D eigenvalue weighted by Crippen LogP contribution is 2.19. The van der Waals surface area contributed by atoms with Crippen LogP contribution in [0.1, 0.15) is 33.0 Å². The van der Waals surface area contributed by atoms with Crippen molar-refractivity contribution in [3.63, 3.8) is 0 Å². The molecule has 0 amide bonds. The van der Waals surface area contributed by atoms with Gasteiger partial charge >= 0.3 is 0 Å². The van der Waals surface area contributed by atoms with Gasteiger partial charge in [-0.1, -0.05) is 26.0 Å². The zero-order valence-corrected chi connectivity index (χ0v) is 12.3. The van der Waals surface area contributed by atoms with E-state index in [0.717, 1.165) is 31.6 Å². The molecule has 2 rings (SSSR count). The fourth-order valence-electron chi connectivity index (χ4n) is 2.57. The van der Waals surface area contributed by atoms with Gasteiger partial charge in [-0.3, -0.25) is 0 Å². The molecule has 0 saturated heterocycles. The first-order valence-electron chi connectivity index (χ1n) is 7.41. The summed E-state index contributed by atoms with van der Waals surface area (Å²) in [7, 11) is 0. The van der Waals surface area contributed by atoms with E-state index in [9.17, 15) is 0 Å². The summed E-state index contributed by atoms with van der Waals surface area (Å²) >= 11 is 0. The van der Waals surface area contributed by atoms with Crippen LogP contribution >= 0.6 is 0 Å². The number of nitrogens with one attached hydrogen (secondary N) is 1. The Hall–Kier alpha value is -1.35. The molecular formula is C16H25N3. The molecule has 3 nitrogen and oxygen atoms in total. The van der Waals surface area contributed by atoms with Crippen molar-refractivity contribution in [2.75, 3.05) is 13.1 Å². The lowest BCUT2D eigenvalue weighted by atomic mass is 10.0. The molecule has 1 heterocycles. The molecular weight excluding hydrogens is 234 g/mol. The average Bonchev–Trinajstić information content (AvgIpc) is 2.76. The van der Waals surface area contributed by atoms with Crippen LogP contribution in [0.2, 0.25) is 0 Å². The van der Waals surface area contributed by atoms with E-state index in [4.69, 9.17) is 4.98 Å². The second-order valence-corrected chi connectivity index (χ2v) is 5.21. The zero-order valence-electron chi connectivity index (χ0n) is 12.3. The molecule has 2 aromatic rings. The standard InChI is InChI=1S/C16H25N3/c1-4-17-11-10-13(3)12-16-18-14-8-6-7-9-15(14)19(16)5-2/h6-9,13,17H,4-5,10-12H2,1-3H3. The van der Waals surface area contributed by atoms with Gasteiger partial charge in [0, 0.05) is 13.0 Å². The number of aromatic nitrogens is 2. The van der Waals surface area contributed by atoms with Gasteiger partial charge in [0.25, 0.3) is 0 Å². The van der Waals surface area contributed by atoms with E-state index in [1.54, 1.807) is 0 Å². The molecule has 0 fully saturated rings. The molecule has 104 valence electrons. The minimum atomic E-state index is 0.668. The molecule has 0 radical (unpaired) electrons. The molecule has 1 aromatic heterocycles. The van der Waals surface area contributed by atoms with Crippen LogP contribution in [-0.2, 0) is 13.0 Å². The first-order valence-corrected chi connectivity index (χ1v) is 7.41. The van der Waals surface area contributed by atoms with E-state index >= 15 is 0 Å². The highest BCUT2D eigenvalue weighted by Gasteiger charge is 2.12. The number of rotatable bonds is 7. The van der Waals surface area contributed by atoms with Crippen LogP contribution in [0.25, 0.3) is 11.0 Å². The van der Waals surface area contributed by atoms with Gasteiger partial charge in [-0.25, -0.2) is 4.98 Å². The van der Waals surface area contributed by atoms with E-state index in [1.165, 1.54) is 17.8 Å². The number of fused-ring (bicyclic) bond motifs is 1. The Kier molecular flexibility index (Phi) is 4.97. The van der Waals surface area contributed by atoms with Crippen molar-refractivity contribution in [2.24, 2.45) is 5.92 Å². The van der Waals surface area contributed by atoms with E-state index in [-0.39, 0.29) is 0 Å². The summed E-state index contributed by atoms with van der Waals surface area (Å²) in [4.78, 5) is 4.79. The Morgan fingerprint density at radius 1 is 1.26 bits per heavy atom. The summed E-state index contributed by atoms with van der Waals surface area (Å²) in [5.74, 6) is 1.90. The quantitative estimate of drug-likeness (QED) is 0.774. The minimum Gasteiger partial charge on any atom is -0.328 e. The van der Waals surface area contributed by atoms with Crippen molar-refractivity contribution in [1.82, 2.24) is 14.9 Å². The normalized spacial score (nSPS) is 13.0. The van der Waals surface area contributed by atoms with Crippen LogP contribution in [-0.4, -0.2) is 22.6 Å². The number of aryl methyl sites for hydroxylation is 1. The summed E-state index contributed by atoms with van der Waals surface area (Å²) < 4.78 is 2.35. The Morgan fingerprint density at radius 2 is 2.05 bits per heavy atom. The fourth-order valence-corrected chi connectivity index (χ4v) is 2.57. The Morgan fingerprint density at radius 3 is 2.79 bits per heavy atom. The third-order valence-corrected chi connectivity index (χ3v) is 3.64. The van der Waals surface area contributed by atoms with Gasteiger partial charge in [-0.15, -0.1) is 0 Å². The van der Waals surface area contributed by atoms with Gasteiger partial charge < -0.3 is 9.88 Å². The van der Waals surface area contributed by atoms with Crippen molar-refractivity contribution >= 4 is 11.0 Å². The molecule has 1 aromatic carbocycles.